The average Bonchev–Trinajstić information content (AvgIpc) is 2.79. The second kappa shape index (κ2) is 9.84. The van der Waals surface area contributed by atoms with Crippen LogP contribution in [-0.4, -0.2) is 26.1 Å². The van der Waals surface area contributed by atoms with E-state index in [2.05, 4.69) is 10.3 Å². The van der Waals surface area contributed by atoms with Crippen molar-refractivity contribution in [2.24, 2.45) is 0 Å². The molecule has 0 spiro atoms. The van der Waals surface area contributed by atoms with Gasteiger partial charge in [0.15, 0.2) is 5.16 Å². The zero-order valence-electron chi connectivity index (χ0n) is 17.6. The van der Waals surface area contributed by atoms with Crippen molar-refractivity contribution < 1.29 is 9.72 Å². The van der Waals surface area contributed by atoms with Gasteiger partial charge in [0.25, 0.3) is 11.2 Å². The Morgan fingerprint density at radius 1 is 1.15 bits per heavy atom. The van der Waals surface area contributed by atoms with Gasteiger partial charge in [-0.3, -0.25) is 24.3 Å². The molecular weight excluding hydrogens is 499 g/mol. The Kier molecular flexibility index (Phi) is 6.87. The summed E-state index contributed by atoms with van der Waals surface area (Å²) >= 11 is 13.2. The van der Waals surface area contributed by atoms with Crippen LogP contribution in [0.25, 0.3) is 16.6 Å². The third-order valence-corrected chi connectivity index (χ3v) is 6.50. The number of carbonyl (C=O) groups excluding carboxylic acids is 1. The topological polar surface area (TPSA) is 107 Å². The molecule has 1 amide bonds. The van der Waals surface area contributed by atoms with Crippen LogP contribution in [0.4, 0.5) is 11.4 Å². The van der Waals surface area contributed by atoms with E-state index >= 15 is 0 Å². The first-order valence-corrected chi connectivity index (χ1v) is 11.6. The van der Waals surface area contributed by atoms with Gasteiger partial charge in [0, 0.05) is 16.1 Å². The van der Waals surface area contributed by atoms with Gasteiger partial charge in [-0.25, -0.2) is 4.98 Å². The van der Waals surface area contributed by atoms with E-state index in [1.807, 2.05) is 6.92 Å². The highest BCUT2D eigenvalue weighted by molar-refractivity contribution is 7.99. The minimum Gasteiger partial charge on any atom is -0.320 e. The number of thioether (sulfide) groups is 1. The van der Waals surface area contributed by atoms with Gasteiger partial charge >= 0.3 is 0 Å². The number of para-hydroxylation sites is 1. The summed E-state index contributed by atoms with van der Waals surface area (Å²) in [6.45, 7) is 1.85. The summed E-state index contributed by atoms with van der Waals surface area (Å²) in [4.78, 5) is 41.2. The first-order valence-electron chi connectivity index (χ1n) is 9.89. The van der Waals surface area contributed by atoms with Gasteiger partial charge in [0.1, 0.15) is 5.69 Å². The van der Waals surface area contributed by atoms with Gasteiger partial charge in [-0.2, -0.15) is 0 Å². The number of halogens is 2. The number of benzene rings is 3. The molecule has 0 atom stereocenters. The molecule has 0 bridgehead atoms. The molecule has 4 aromatic rings. The largest absolute Gasteiger partial charge is 0.320 e. The standard InChI is InChI=1S/C23H16Cl2N4O4S/c1-13-6-8-15(11-17(13)25)28-22(31)16-4-2-3-5-18(16)27-23(28)34-12-21(30)26-19-10-14(24)7-9-20(19)29(32)33/h2-11H,12H2,1H3,(H,26,30). The monoisotopic (exact) mass is 514 g/mol. The number of aromatic nitrogens is 2. The van der Waals surface area contributed by atoms with E-state index < -0.39 is 10.8 Å². The lowest BCUT2D eigenvalue weighted by Crippen LogP contribution is -2.23. The van der Waals surface area contributed by atoms with E-state index in [4.69, 9.17) is 23.2 Å². The predicted octanol–water partition coefficient (Wildman–Crippen LogP) is 5.64. The number of nitro groups is 1. The first kappa shape index (κ1) is 23.7. The van der Waals surface area contributed by atoms with Crippen molar-refractivity contribution in [2.75, 3.05) is 11.1 Å². The fourth-order valence-electron chi connectivity index (χ4n) is 3.24. The normalized spacial score (nSPS) is 10.9. The molecule has 172 valence electrons. The van der Waals surface area contributed by atoms with E-state index in [-0.39, 0.29) is 32.9 Å². The molecule has 0 saturated carbocycles. The Bertz CT molecular complexity index is 1510. The summed E-state index contributed by atoms with van der Waals surface area (Å²) in [6, 6.07) is 16.0. The van der Waals surface area contributed by atoms with E-state index in [0.717, 1.165) is 17.3 Å². The molecule has 4 rings (SSSR count). The molecular formula is C23H16Cl2N4O4S. The lowest BCUT2D eigenvalue weighted by molar-refractivity contribution is -0.383. The maximum Gasteiger partial charge on any atom is 0.292 e. The molecule has 0 aliphatic carbocycles. The number of rotatable bonds is 6. The molecule has 0 radical (unpaired) electrons. The quantitative estimate of drug-likeness (QED) is 0.154. The van der Waals surface area contributed by atoms with Crippen LogP contribution in [0, 0.1) is 17.0 Å². The molecule has 1 aromatic heterocycles. The zero-order valence-corrected chi connectivity index (χ0v) is 19.9. The highest BCUT2D eigenvalue weighted by atomic mass is 35.5. The minimum absolute atomic E-state index is 0.0164. The Labute approximate surface area is 207 Å². The van der Waals surface area contributed by atoms with Gasteiger partial charge in [0.05, 0.1) is 27.3 Å². The van der Waals surface area contributed by atoms with Crippen LogP contribution in [-0.2, 0) is 4.79 Å². The van der Waals surface area contributed by atoms with Crippen molar-refractivity contribution in [1.82, 2.24) is 9.55 Å². The fraction of sp³-hybridized carbons (Fsp3) is 0.0870. The predicted molar refractivity (Wildman–Crippen MR) is 135 cm³/mol. The third kappa shape index (κ3) is 4.91. The van der Waals surface area contributed by atoms with Gasteiger partial charge in [-0.05, 0) is 48.9 Å². The van der Waals surface area contributed by atoms with Crippen molar-refractivity contribution in [3.05, 3.63) is 96.7 Å². The van der Waals surface area contributed by atoms with Crippen LogP contribution in [0.5, 0.6) is 0 Å². The molecule has 0 fully saturated rings. The summed E-state index contributed by atoms with van der Waals surface area (Å²) in [6.07, 6.45) is 0. The molecule has 0 aliphatic rings. The zero-order chi connectivity index (χ0) is 24.4. The summed E-state index contributed by atoms with van der Waals surface area (Å²) in [5, 5.41) is 15.2. The highest BCUT2D eigenvalue weighted by Crippen LogP contribution is 2.29. The van der Waals surface area contributed by atoms with Gasteiger partial charge in [-0.1, -0.05) is 53.2 Å². The van der Waals surface area contributed by atoms with Crippen LogP contribution < -0.4 is 10.9 Å². The Morgan fingerprint density at radius 3 is 2.65 bits per heavy atom. The van der Waals surface area contributed by atoms with E-state index in [1.165, 1.54) is 22.8 Å². The van der Waals surface area contributed by atoms with Crippen LogP contribution in [0.2, 0.25) is 10.0 Å². The highest BCUT2D eigenvalue weighted by Gasteiger charge is 2.19. The van der Waals surface area contributed by atoms with Crippen LogP contribution in [0.1, 0.15) is 5.56 Å². The SMILES string of the molecule is Cc1ccc(-n2c(SCC(=O)Nc3cc(Cl)ccc3[N+](=O)[O-])nc3ccccc3c2=O)cc1Cl. The maximum atomic E-state index is 13.3. The lowest BCUT2D eigenvalue weighted by atomic mass is 10.2. The molecule has 3 aromatic carbocycles. The number of aryl methyl sites for hydroxylation is 1. The van der Waals surface area contributed by atoms with E-state index in [0.29, 0.717) is 21.6 Å². The number of nitro benzene ring substituents is 1. The lowest BCUT2D eigenvalue weighted by Gasteiger charge is -2.14. The van der Waals surface area contributed by atoms with Crippen LogP contribution in [0.3, 0.4) is 0 Å². The molecule has 0 aliphatic heterocycles. The number of hydrogen-bond acceptors (Lipinski definition) is 6. The summed E-state index contributed by atoms with van der Waals surface area (Å²) in [5.74, 6) is -0.681. The first-order chi connectivity index (χ1) is 16.2. The van der Waals surface area contributed by atoms with Gasteiger partial charge < -0.3 is 5.32 Å². The summed E-state index contributed by atoms with van der Waals surface area (Å²) < 4.78 is 1.40. The van der Waals surface area contributed by atoms with E-state index in [1.54, 1.807) is 42.5 Å². The fourth-order valence-corrected chi connectivity index (χ4v) is 4.40. The molecule has 11 heteroatoms. The number of fused-ring (bicyclic) bond motifs is 1. The molecule has 0 unspecified atom stereocenters. The Hall–Kier alpha value is -3.40. The van der Waals surface area contributed by atoms with Crippen LogP contribution >= 0.6 is 35.0 Å². The number of hydrogen-bond donors (Lipinski definition) is 1. The third-order valence-electron chi connectivity index (χ3n) is 4.92. The maximum absolute atomic E-state index is 13.3. The van der Waals surface area contributed by atoms with Gasteiger partial charge in [-0.15, -0.1) is 0 Å². The summed E-state index contributed by atoms with van der Waals surface area (Å²) in [7, 11) is 0. The molecule has 1 N–H and O–H groups in total. The number of anilines is 1. The van der Waals surface area contributed by atoms with Crippen LogP contribution in [0.15, 0.2) is 70.6 Å². The average molecular weight is 515 g/mol. The Balaban J connectivity index is 1.69. The molecule has 0 saturated heterocycles. The van der Waals surface area contributed by atoms with E-state index in [9.17, 15) is 19.7 Å². The number of carbonyl (C=O) groups is 1. The van der Waals surface area contributed by atoms with Crippen molar-refractivity contribution in [1.29, 1.82) is 0 Å². The van der Waals surface area contributed by atoms with Crippen molar-refractivity contribution >= 4 is 63.1 Å². The molecule has 8 nitrogen and oxygen atoms in total. The molecule has 1 heterocycles. The van der Waals surface area contributed by atoms with Crippen molar-refractivity contribution in [2.45, 2.75) is 12.1 Å². The number of nitrogens with one attached hydrogen (secondary N) is 1. The second-order valence-corrected chi connectivity index (χ2v) is 9.03. The number of amides is 1. The van der Waals surface area contributed by atoms with Gasteiger partial charge in [0.2, 0.25) is 5.91 Å². The number of nitrogens with zero attached hydrogens (tertiary/aromatic N) is 3. The van der Waals surface area contributed by atoms with Crippen molar-refractivity contribution in [3.63, 3.8) is 0 Å². The summed E-state index contributed by atoms with van der Waals surface area (Å²) in [5.41, 5.74) is 1.24. The Morgan fingerprint density at radius 2 is 1.91 bits per heavy atom. The second-order valence-electron chi connectivity index (χ2n) is 7.24. The smallest absolute Gasteiger partial charge is 0.292 e. The molecule has 34 heavy (non-hydrogen) atoms. The minimum atomic E-state index is -0.608. The van der Waals surface area contributed by atoms with Crippen molar-refractivity contribution in [3.8, 4) is 5.69 Å².